The number of hydrogen-bond acceptors (Lipinski definition) is 7. The van der Waals surface area contributed by atoms with Crippen molar-refractivity contribution in [3.05, 3.63) is 33.4 Å². The lowest BCUT2D eigenvalue weighted by atomic mass is 10.2. The zero-order chi connectivity index (χ0) is 21.2. The fourth-order valence-electron chi connectivity index (χ4n) is 2.00. The molecular formula is C19H29IN2O7. The monoisotopic (exact) mass is 524 g/mol. The first-order valence-corrected chi connectivity index (χ1v) is 10.4. The Morgan fingerprint density at radius 2 is 1.41 bits per heavy atom. The molecule has 0 radical (unpaired) electrons. The topological polar surface area (TPSA) is 104 Å². The van der Waals surface area contributed by atoms with Crippen LogP contribution in [0, 0.1) is 3.57 Å². The van der Waals surface area contributed by atoms with Crippen LogP contribution in [0.2, 0.25) is 0 Å². The van der Waals surface area contributed by atoms with Gasteiger partial charge in [-0.2, -0.15) is 0 Å². The molecule has 0 aromatic heterocycles. The smallest absolute Gasteiger partial charge is 0.406 e. The number of benzene rings is 1. The number of alkyl carbamates (subject to hydrolysis) is 1. The van der Waals surface area contributed by atoms with Crippen molar-refractivity contribution in [2.75, 3.05) is 73.1 Å². The zero-order valence-electron chi connectivity index (χ0n) is 16.6. The van der Waals surface area contributed by atoms with Gasteiger partial charge in [-0.25, -0.2) is 4.79 Å². The molecule has 29 heavy (non-hydrogen) atoms. The van der Waals surface area contributed by atoms with Gasteiger partial charge >= 0.3 is 6.09 Å². The lowest BCUT2D eigenvalue weighted by Crippen LogP contribution is -2.27. The second-order valence-corrected chi connectivity index (χ2v) is 6.85. The Labute approximate surface area is 184 Å². The minimum absolute atomic E-state index is 0.108. The van der Waals surface area contributed by atoms with Crippen molar-refractivity contribution in [1.29, 1.82) is 0 Å². The number of nitrogens with one attached hydrogen (secondary N) is 2. The Morgan fingerprint density at radius 1 is 0.862 bits per heavy atom. The number of ether oxygens (including phenoxy) is 5. The van der Waals surface area contributed by atoms with Gasteiger partial charge in [0, 0.05) is 22.7 Å². The molecule has 0 unspecified atom stereocenters. The average molecular weight is 524 g/mol. The Hall–Kier alpha value is -1.47. The summed E-state index contributed by atoms with van der Waals surface area (Å²) in [7, 11) is 1.50. The molecule has 1 aromatic rings. The summed E-state index contributed by atoms with van der Waals surface area (Å²) in [5.41, 5.74) is 0.642. The van der Waals surface area contributed by atoms with Crippen LogP contribution in [0.5, 0.6) is 0 Å². The van der Waals surface area contributed by atoms with E-state index in [1.807, 2.05) is 18.2 Å². The Balaban J connectivity index is 1.80. The van der Waals surface area contributed by atoms with Crippen molar-refractivity contribution in [1.82, 2.24) is 10.6 Å². The summed E-state index contributed by atoms with van der Waals surface area (Å²) in [6.45, 7) is 4.12. The van der Waals surface area contributed by atoms with E-state index in [-0.39, 0.29) is 12.5 Å². The minimum atomic E-state index is -0.474. The molecular weight excluding hydrogens is 495 g/mol. The molecule has 0 spiro atoms. The molecule has 0 fully saturated rings. The second-order valence-electron chi connectivity index (χ2n) is 5.60. The summed E-state index contributed by atoms with van der Waals surface area (Å²) in [6.07, 6.45) is -0.474. The van der Waals surface area contributed by atoms with Crippen LogP contribution in [0.4, 0.5) is 4.79 Å². The third-order valence-corrected chi connectivity index (χ3v) is 4.07. The highest BCUT2D eigenvalue weighted by molar-refractivity contribution is 14.1. The number of hydrogen-bond donors (Lipinski definition) is 2. The standard InChI is InChI=1S/C19H29IN2O7/c1-21-19(24)29-14-13-28-12-11-27-10-9-26-8-7-25-6-5-22-18(23)16-3-2-4-17(20)15-16/h2-4,15H,5-14H2,1H3,(H,21,24)(H,22,23). The Morgan fingerprint density at radius 3 is 1.97 bits per heavy atom. The van der Waals surface area contributed by atoms with Gasteiger partial charge in [-0.3, -0.25) is 4.79 Å². The SMILES string of the molecule is CNC(=O)OCCOCCOCCOCCOCCNC(=O)c1cccc(I)c1. The van der Waals surface area contributed by atoms with E-state index in [0.29, 0.717) is 65.0 Å². The first-order chi connectivity index (χ1) is 14.1. The summed E-state index contributed by atoms with van der Waals surface area (Å²) < 4.78 is 27.2. The van der Waals surface area contributed by atoms with E-state index in [9.17, 15) is 9.59 Å². The van der Waals surface area contributed by atoms with Crippen molar-refractivity contribution in [2.24, 2.45) is 0 Å². The van der Waals surface area contributed by atoms with Gasteiger partial charge in [0.05, 0.1) is 52.9 Å². The molecule has 0 bridgehead atoms. The third kappa shape index (κ3) is 14.2. The van der Waals surface area contributed by atoms with Gasteiger partial charge in [0.1, 0.15) is 6.61 Å². The predicted octanol–water partition coefficient (Wildman–Crippen LogP) is 1.44. The highest BCUT2D eigenvalue weighted by atomic mass is 127. The molecule has 2 amide bonds. The van der Waals surface area contributed by atoms with E-state index in [0.717, 1.165) is 3.57 Å². The average Bonchev–Trinajstić information content (AvgIpc) is 2.73. The Bertz CT molecular complexity index is 589. The number of amides is 2. The molecule has 10 heteroatoms. The van der Waals surface area contributed by atoms with Crippen LogP contribution < -0.4 is 10.6 Å². The normalized spacial score (nSPS) is 10.6. The molecule has 9 nitrogen and oxygen atoms in total. The van der Waals surface area contributed by atoms with Gasteiger partial charge in [-0.1, -0.05) is 6.07 Å². The fourth-order valence-corrected chi connectivity index (χ4v) is 2.54. The van der Waals surface area contributed by atoms with Gasteiger partial charge in [0.15, 0.2) is 0 Å². The molecule has 164 valence electrons. The van der Waals surface area contributed by atoms with E-state index in [1.165, 1.54) is 7.05 Å². The minimum Gasteiger partial charge on any atom is -0.447 e. The van der Waals surface area contributed by atoms with Crippen LogP contribution in [-0.2, 0) is 23.7 Å². The van der Waals surface area contributed by atoms with E-state index < -0.39 is 6.09 Å². The fraction of sp³-hybridized carbons (Fsp3) is 0.579. The number of carbonyl (C=O) groups excluding carboxylic acids is 2. The quantitative estimate of drug-likeness (QED) is 0.249. The maximum absolute atomic E-state index is 11.9. The largest absolute Gasteiger partial charge is 0.447 e. The summed E-state index contributed by atoms with van der Waals surface area (Å²) in [5, 5.41) is 5.16. The van der Waals surface area contributed by atoms with Crippen LogP contribution in [0.25, 0.3) is 0 Å². The lowest BCUT2D eigenvalue weighted by molar-refractivity contribution is -0.00612. The number of halogens is 1. The van der Waals surface area contributed by atoms with Gasteiger partial charge in [0.25, 0.3) is 5.91 Å². The molecule has 0 aliphatic rings. The Kier molecular flexibility index (Phi) is 15.3. The van der Waals surface area contributed by atoms with Gasteiger partial charge < -0.3 is 34.3 Å². The third-order valence-electron chi connectivity index (χ3n) is 3.40. The van der Waals surface area contributed by atoms with E-state index in [4.69, 9.17) is 23.7 Å². The second kappa shape index (κ2) is 17.4. The highest BCUT2D eigenvalue weighted by Gasteiger charge is 2.04. The first-order valence-electron chi connectivity index (χ1n) is 9.32. The highest BCUT2D eigenvalue weighted by Crippen LogP contribution is 2.07. The zero-order valence-corrected chi connectivity index (χ0v) is 18.8. The van der Waals surface area contributed by atoms with Crippen LogP contribution in [0.15, 0.2) is 24.3 Å². The van der Waals surface area contributed by atoms with Gasteiger partial charge in [-0.15, -0.1) is 0 Å². The van der Waals surface area contributed by atoms with E-state index in [2.05, 4.69) is 33.2 Å². The van der Waals surface area contributed by atoms with Crippen LogP contribution in [-0.4, -0.2) is 85.1 Å². The number of carbonyl (C=O) groups is 2. The maximum Gasteiger partial charge on any atom is 0.406 e. The molecule has 0 heterocycles. The predicted molar refractivity (Wildman–Crippen MR) is 115 cm³/mol. The molecule has 0 saturated heterocycles. The summed E-state index contributed by atoms with van der Waals surface area (Å²) in [6, 6.07) is 7.40. The molecule has 0 aliphatic carbocycles. The van der Waals surface area contributed by atoms with Crippen molar-refractivity contribution in [3.8, 4) is 0 Å². The lowest BCUT2D eigenvalue weighted by Gasteiger charge is -2.08. The molecule has 1 rings (SSSR count). The molecule has 2 N–H and O–H groups in total. The van der Waals surface area contributed by atoms with E-state index >= 15 is 0 Å². The number of rotatable bonds is 16. The maximum atomic E-state index is 11.9. The van der Waals surface area contributed by atoms with Crippen molar-refractivity contribution in [2.45, 2.75) is 0 Å². The molecule has 0 saturated carbocycles. The summed E-state index contributed by atoms with van der Waals surface area (Å²) in [4.78, 5) is 22.7. The summed E-state index contributed by atoms with van der Waals surface area (Å²) >= 11 is 2.17. The molecule has 1 aromatic carbocycles. The van der Waals surface area contributed by atoms with Crippen LogP contribution >= 0.6 is 22.6 Å². The van der Waals surface area contributed by atoms with Crippen LogP contribution in [0.3, 0.4) is 0 Å². The summed E-state index contributed by atoms with van der Waals surface area (Å²) in [5.74, 6) is -0.108. The van der Waals surface area contributed by atoms with E-state index in [1.54, 1.807) is 6.07 Å². The van der Waals surface area contributed by atoms with Crippen molar-refractivity contribution < 1.29 is 33.3 Å². The first kappa shape index (κ1) is 25.6. The van der Waals surface area contributed by atoms with Gasteiger partial charge in [0.2, 0.25) is 0 Å². The van der Waals surface area contributed by atoms with Crippen LogP contribution in [0.1, 0.15) is 10.4 Å². The van der Waals surface area contributed by atoms with Crippen molar-refractivity contribution >= 4 is 34.6 Å². The van der Waals surface area contributed by atoms with Crippen molar-refractivity contribution in [3.63, 3.8) is 0 Å². The molecule has 0 aliphatic heterocycles. The molecule has 0 atom stereocenters. The van der Waals surface area contributed by atoms with Gasteiger partial charge in [-0.05, 0) is 40.8 Å².